The van der Waals surface area contributed by atoms with Gasteiger partial charge in [-0.15, -0.1) is 10.2 Å². The highest BCUT2D eigenvalue weighted by Gasteiger charge is 2.43. The second kappa shape index (κ2) is 12.6. The van der Waals surface area contributed by atoms with Crippen LogP contribution >= 0.6 is 11.6 Å². The number of hydrogen-bond donors (Lipinski definition) is 1. The van der Waals surface area contributed by atoms with Crippen LogP contribution in [0.3, 0.4) is 0 Å². The van der Waals surface area contributed by atoms with Crippen molar-refractivity contribution in [2.75, 3.05) is 26.8 Å². The van der Waals surface area contributed by atoms with Crippen molar-refractivity contribution in [2.45, 2.75) is 51.1 Å². The van der Waals surface area contributed by atoms with E-state index in [2.05, 4.69) is 21.2 Å². The summed E-state index contributed by atoms with van der Waals surface area (Å²) >= 11 is 5.99. The molecule has 2 aliphatic heterocycles. The molecule has 5 aromatic rings. The van der Waals surface area contributed by atoms with E-state index in [1.165, 1.54) is 6.07 Å². The Hall–Kier alpha value is -4.52. The quantitative estimate of drug-likeness (QED) is 0.197. The molecule has 2 aliphatic rings. The first-order chi connectivity index (χ1) is 22.7. The van der Waals surface area contributed by atoms with Crippen molar-refractivity contribution in [1.82, 2.24) is 29.2 Å². The van der Waals surface area contributed by atoms with Crippen molar-refractivity contribution in [2.24, 2.45) is 0 Å². The molecule has 1 N–H and O–H groups in total. The molecule has 1 fully saturated rings. The number of rotatable bonds is 10. The highest BCUT2D eigenvalue weighted by Crippen LogP contribution is 2.49. The van der Waals surface area contributed by atoms with Crippen molar-refractivity contribution in [3.05, 3.63) is 100 Å². The zero-order valence-electron chi connectivity index (χ0n) is 26.0. The van der Waals surface area contributed by atoms with Gasteiger partial charge in [0.05, 0.1) is 41.9 Å². The summed E-state index contributed by atoms with van der Waals surface area (Å²) in [5, 5.41) is 18.4. The molecule has 11 nitrogen and oxygen atoms in total. The first-order valence-electron chi connectivity index (χ1n) is 15.5. The Labute approximate surface area is 275 Å². The molecule has 3 aromatic carbocycles. The van der Waals surface area contributed by atoms with Crippen molar-refractivity contribution < 1.29 is 28.5 Å². The summed E-state index contributed by atoms with van der Waals surface area (Å²) in [5.41, 5.74) is 2.98. The predicted octanol–water partition coefficient (Wildman–Crippen LogP) is 5.84. The van der Waals surface area contributed by atoms with Gasteiger partial charge >= 0.3 is 5.97 Å². The zero-order chi connectivity index (χ0) is 32.7. The number of halogens is 2. The van der Waals surface area contributed by atoms with Crippen LogP contribution in [0.1, 0.15) is 58.8 Å². The van der Waals surface area contributed by atoms with E-state index in [-0.39, 0.29) is 17.0 Å². The molecule has 1 atom stereocenters. The summed E-state index contributed by atoms with van der Waals surface area (Å²) < 4.78 is 36.7. The molecule has 2 aromatic heterocycles. The number of para-hydroxylation sites is 1. The molecule has 1 unspecified atom stereocenters. The number of methoxy groups -OCH3 is 1. The number of aromatic nitrogens is 5. The van der Waals surface area contributed by atoms with Gasteiger partial charge in [-0.05, 0) is 74.3 Å². The lowest BCUT2D eigenvalue weighted by Crippen LogP contribution is -2.34. The fourth-order valence-corrected chi connectivity index (χ4v) is 6.72. The van der Waals surface area contributed by atoms with Crippen LogP contribution in [-0.2, 0) is 30.2 Å². The number of aromatic carboxylic acids is 1. The number of imidazole rings is 1. The first-order valence-corrected chi connectivity index (χ1v) is 15.9. The van der Waals surface area contributed by atoms with Crippen LogP contribution in [0.4, 0.5) is 4.39 Å². The van der Waals surface area contributed by atoms with Crippen LogP contribution < -0.4 is 9.47 Å². The Bertz CT molecular complexity index is 1950. The van der Waals surface area contributed by atoms with Gasteiger partial charge in [-0.25, -0.2) is 14.2 Å². The maximum atomic E-state index is 14.9. The molecule has 0 bridgehead atoms. The number of ether oxygens (including phenoxy) is 3. The number of benzene rings is 3. The second-order valence-electron chi connectivity index (χ2n) is 12.1. The Balaban J connectivity index is 1.10. The Morgan fingerprint density at radius 1 is 1.11 bits per heavy atom. The zero-order valence-corrected chi connectivity index (χ0v) is 26.8. The third-order valence-electron chi connectivity index (χ3n) is 9.03. The maximum absolute atomic E-state index is 14.9. The van der Waals surface area contributed by atoms with Crippen LogP contribution in [0.2, 0.25) is 5.02 Å². The lowest BCUT2D eigenvalue weighted by atomic mass is 9.88. The number of carbonyl (C=O) groups is 1. The molecule has 7 rings (SSSR count). The fourth-order valence-electron chi connectivity index (χ4n) is 6.56. The number of nitrogens with zero attached hydrogens (tertiary/aromatic N) is 6. The van der Waals surface area contributed by atoms with E-state index in [0.29, 0.717) is 42.8 Å². The molecule has 244 valence electrons. The molecule has 4 heterocycles. The van der Waals surface area contributed by atoms with Crippen molar-refractivity contribution in [3.8, 4) is 11.5 Å². The normalized spacial score (nSPS) is 18.3. The van der Waals surface area contributed by atoms with Gasteiger partial charge in [0, 0.05) is 31.2 Å². The molecule has 0 saturated carbocycles. The van der Waals surface area contributed by atoms with Gasteiger partial charge in [0.1, 0.15) is 18.0 Å². The Kier molecular flexibility index (Phi) is 8.33. The molecular formula is C34H34ClFN6O5. The van der Waals surface area contributed by atoms with Gasteiger partial charge in [0.25, 0.3) is 5.79 Å². The van der Waals surface area contributed by atoms with E-state index in [4.69, 9.17) is 30.8 Å². The van der Waals surface area contributed by atoms with Gasteiger partial charge in [0.2, 0.25) is 0 Å². The minimum Gasteiger partial charge on any atom is -0.478 e. The topological polar surface area (TPSA) is 117 Å². The van der Waals surface area contributed by atoms with Gasteiger partial charge in [-0.1, -0.05) is 23.7 Å². The summed E-state index contributed by atoms with van der Waals surface area (Å²) in [7, 11) is 1.65. The van der Waals surface area contributed by atoms with Crippen molar-refractivity contribution in [3.63, 3.8) is 0 Å². The Morgan fingerprint density at radius 2 is 1.94 bits per heavy atom. The summed E-state index contributed by atoms with van der Waals surface area (Å²) in [6, 6.07) is 15.3. The monoisotopic (exact) mass is 660 g/mol. The summed E-state index contributed by atoms with van der Waals surface area (Å²) in [6.07, 6.45) is 3.42. The third kappa shape index (κ3) is 6.04. The van der Waals surface area contributed by atoms with Gasteiger partial charge in [0.15, 0.2) is 17.3 Å². The lowest BCUT2D eigenvalue weighted by Gasteiger charge is -2.32. The first kappa shape index (κ1) is 31.1. The van der Waals surface area contributed by atoms with Crippen LogP contribution in [0.25, 0.3) is 11.0 Å². The average molecular weight is 661 g/mol. The molecule has 0 radical (unpaired) electrons. The predicted molar refractivity (Wildman–Crippen MR) is 171 cm³/mol. The molecule has 13 heteroatoms. The molecule has 1 saturated heterocycles. The molecule has 0 spiro atoms. The minimum absolute atomic E-state index is 0.198. The molecule has 0 aliphatic carbocycles. The van der Waals surface area contributed by atoms with Crippen LogP contribution in [-0.4, -0.2) is 67.1 Å². The van der Waals surface area contributed by atoms with Crippen LogP contribution in [0, 0.1) is 5.82 Å². The van der Waals surface area contributed by atoms with Gasteiger partial charge in [-0.3, -0.25) is 4.90 Å². The number of carboxylic acids is 1. The fraction of sp³-hybridized carbons (Fsp3) is 0.353. The van der Waals surface area contributed by atoms with Crippen molar-refractivity contribution in [1.29, 1.82) is 0 Å². The number of carboxylic acid groups (broad SMARTS) is 1. The largest absolute Gasteiger partial charge is 0.478 e. The van der Waals surface area contributed by atoms with E-state index in [1.807, 2.05) is 21.3 Å². The van der Waals surface area contributed by atoms with Crippen LogP contribution in [0.15, 0.2) is 60.9 Å². The van der Waals surface area contributed by atoms with E-state index < -0.39 is 17.6 Å². The number of hydrogen-bond acceptors (Lipinski definition) is 8. The average Bonchev–Trinajstić information content (AvgIpc) is 3.75. The third-order valence-corrected chi connectivity index (χ3v) is 9.26. The smallest absolute Gasteiger partial charge is 0.335 e. The lowest BCUT2D eigenvalue weighted by molar-refractivity contribution is -0.0712. The summed E-state index contributed by atoms with van der Waals surface area (Å²) in [6.45, 7) is 5.42. The van der Waals surface area contributed by atoms with Crippen molar-refractivity contribution >= 4 is 28.6 Å². The van der Waals surface area contributed by atoms with E-state index in [9.17, 15) is 14.3 Å². The summed E-state index contributed by atoms with van der Waals surface area (Å²) in [5.74, 6) is 0.230. The maximum Gasteiger partial charge on any atom is 0.335 e. The van der Waals surface area contributed by atoms with Crippen LogP contribution in [0.5, 0.6) is 11.5 Å². The highest BCUT2D eigenvalue weighted by atomic mass is 35.5. The van der Waals surface area contributed by atoms with Gasteiger partial charge < -0.3 is 28.5 Å². The molecular weight excluding hydrogens is 627 g/mol. The number of likely N-dealkylation sites (tertiary alicyclic amines) is 1. The second-order valence-corrected chi connectivity index (χ2v) is 12.5. The van der Waals surface area contributed by atoms with Gasteiger partial charge in [-0.2, -0.15) is 0 Å². The highest BCUT2D eigenvalue weighted by molar-refractivity contribution is 6.30. The van der Waals surface area contributed by atoms with E-state index in [1.54, 1.807) is 50.7 Å². The van der Waals surface area contributed by atoms with E-state index >= 15 is 0 Å². The number of piperidine rings is 1. The summed E-state index contributed by atoms with van der Waals surface area (Å²) in [4.78, 5) is 19.1. The minimum atomic E-state index is -1.30. The Morgan fingerprint density at radius 3 is 2.70 bits per heavy atom. The molecule has 47 heavy (non-hydrogen) atoms. The number of fused-ring (bicyclic) bond motifs is 2. The SMILES string of the molecule is COCCn1cnnc1Cn1c(CN2CCC(c3cccc4c3OC(C)(c3ccc(Cl)cc3F)O4)CC2)nc2ccc(C(=O)O)cc21. The standard InChI is InChI=1S/C34H34ClFN6O5/c1-34(25-8-7-23(35)17-26(25)36)46-29-5-3-4-24(32(29)47-34)21-10-12-40(13-11-21)18-30-38-27-9-6-22(33(43)44)16-28(27)42(30)19-31-39-37-20-41(31)14-15-45-2/h3-9,16-17,20-21H,10-15,18-19H2,1-2H3,(H,43,44). The molecule has 0 amide bonds. The van der Waals surface area contributed by atoms with E-state index in [0.717, 1.165) is 54.2 Å².